The highest BCUT2D eigenvalue weighted by atomic mass is 16.5. The molecule has 0 fully saturated rings. The number of nitrogens with zero attached hydrogens (tertiary/aromatic N) is 1. The summed E-state index contributed by atoms with van der Waals surface area (Å²) in [5.74, 6) is 0.133. The molecule has 1 heterocycles. The molecule has 0 aliphatic rings. The van der Waals surface area contributed by atoms with E-state index in [1.54, 1.807) is 30.3 Å². The second-order valence-electron chi connectivity index (χ2n) is 7.27. The van der Waals surface area contributed by atoms with E-state index in [0.29, 0.717) is 28.3 Å². The summed E-state index contributed by atoms with van der Waals surface area (Å²) in [6.07, 6.45) is 0. The summed E-state index contributed by atoms with van der Waals surface area (Å²) in [7, 11) is 3.37. The first-order chi connectivity index (χ1) is 15.5. The minimum atomic E-state index is -0.829. The van der Waals surface area contributed by atoms with E-state index >= 15 is 0 Å². The number of rotatable bonds is 6. The predicted octanol–water partition coefficient (Wildman–Crippen LogP) is 4.21. The fourth-order valence-corrected chi connectivity index (χ4v) is 3.54. The van der Waals surface area contributed by atoms with E-state index in [1.807, 2.05) is 54.4 Å². The van der Waals surface area contributed by atoms with Gasteiger partial charge in [0, 0.05) is 24.2 Å². The van der Waals surface area contributed by atoms with Crippen molar-refractivity contribution >= 4 is 33.9 Å². The Morgan fingerprint density at radius 3 is 2.50 bits per heavy atom. The molecule has 0 spiro atoms. The van der Waals surface area contributed by atoms with Crippen molar-refractivity contribution in [1.82, 2.24) is 0 Å². The van der Waals surface area contributed by atoms with Crippen LogP contribution in [0.15, 0.2) is 88.1 Å². The predicted molar refractivity (Wildman–Crippen MR) is 126 cm³/mol. The summed E-state index contributed by atoms with van der Waals surface area (Å²) in [4.78, 5) is 26.7. The van der Waals surface area contributed by atoms with Crippen LogP contribution in [-0.2, 0) is 4.79 Å². The SMILES string of the molecule is COc1ccc(N(C)c2cc(=O)oc3ccccc23)cc1NC(=O)[C@@H](N)c1ccccc1. The van der Waals surface area contributed by atoms with E-state index in [-0.39, 0.29) is 5.91 Å². The molecule has 162 valence electrons. The summed E-state index contributed by atoms with van der Waals surface area (Å²) >= 11 is 0. The highest BCUT2D eigenvalue weighted by Crippen LogP contribution is 2.35. The Labute approximate surface area is 185 Å². The maximum absolute atomic E-state index is 12.8. The van der Waals surface area contributed by atoms with Crippen LogP contribution in [0.3, 0.4) is 0 Å². The molecule has 0 bridgehead atoms. The fourth-order valence-electron chi connectivity index (χ4n) is 3.54. The zero-order valence-corrected chi connectivity index (χ0v) is 17.7. The number of nitrogens with one attached hydrogen (secondary N) is 1. The van der Waals surface area contributed by atoms with Crippen molar-refractivity contribution in [2.24, 2.45) is 5.73 Å². The first-order valence-electron chi connectivity index (χ1n) is 10.0. The standard InChI is InChI=1S/C25H23N3O4/c1-28(20-15-23(29)32-21-11-7-6-10-18(20)21)17-12-13-22(31-2)19(14-17)27-25(30)24(26)16-8-4-3-5-9-16/h3-15,24H,26H2,1-2H3,(H,27,30)/t24-/m0/s1. The minimum absolute atomic E-state index is 0.361. The van der Waals surface area contributed by atoms with Crippen LogP contribution in [-0.4, -0.2) is 20.1 Å². The van der Waals surface area contributed by atoms with Crippen LogP contribution in [0, 0.1) is 0 Å². The monoisotopic (exact) mass is 429 g/mol. The molecule has 7 nitrogen and oxygen atoms in total. The number of amides is 1. The lowest BCUT2D eigenvalue weighted by Crippen LogP contribution is -2.28. The first-order valence-corrected chi connectivity index (χ1v) is 10.0. The van der Waals surface area contributed by atoms with Gasteiger partial charge in [0.2, 0.25) is 5.91 Å². The van der Waals surface area contributed by atoms with Gasteiger partial charge in [0.15, 0.2) is 0 Å². The molecule has 0 radical (unpaired) electrons. The van der Waals surface area contributed by atoms with Crippen LogP contribution in [0.5, 0.6) is 5.75 Å². The highest BCUT2D eigenvalue weighted by Gasteiger charge is 2.19. The van der Waals surface area contributed by atoms with Gasteiger partial charge in [-0.3, -0.25) is 4.79 Å². The Kier molecular flexibility index (Phi) is 5.91. The van der Waals surface area contributed by atoms with Crippen molar-refractivity contribution < 1.29 is 13.9 Å². The molecule has 0 unspecified atom stereocenters. The molecule has 0 aliphatic carbocycles. The molecule has 4 aromatic rings. The van der Waals surface area contributed by atoms with Gasteiger partial charge in [0.05, 0.1) is 18.5 Å². The molecule has 3 N–H and O–H groups in total. The normalized spacial score (nSPS) is 11.7. The van der Waals surface area contributed by atoms with E-state index in [0.717, 1.165) is 11.1 Å². The number of fused-ring (bicyclic) bond motifs is 1. The van der Waals surface area contributed by atoms with Gasteiger partial charge in [-0.2, -0.15) is 0 Å². The molecule has 0 saturated heterocycles. The number of methoxy groups -OCH3 is 1. The van der Waals surface area contributed by atoms with Crippen LogP contribution >= 0.6 is 0 Å². The number of nitrogens with two attached hydrogens (primary N) is 1. The molecule has 4 rings (SSSR count). The zero-order valence-electron chi connectivity index (χ0n) is 17.7. The first kappa shape index (κ1) is 21.1. The molecular weight excluding hydrogens is 406 g/mol. The Bertz CT molecular complexity index is 1320. The Morgan fingerprint density at radius 1 is 1.03 bits per heavy atom. The lowest BCUT2D eigenvalue weighted by atomic mass is 10.1. The summed E-state index contributed by atoms with van der Waals surface area (Å²) < 4.78 is 10.7. The Morgan fingerprint density at radius 2 is 1.75 bits per heavy atom. The molecule has 0 saturated carbocycles. The van der Waals surface area contributed by atoms with Gasteiger partial charge in [-0.05, 0) is 35.9 Å². The smallest absolute Gasteiger partial charge is 0.338 e. The van der Waals surface area contributed by atoms with E-state index in [2.05, 4.69) is 5.32 Å². The van der Waals surface area contributed by atoms with Gasteiger partial charge in [0.1, 0.15) is 17.4 Å². The fraction of sp³-hybridized carbons (Fsp3) is 0.120. The quantitative estimate of drug-likeness (QED) is 0.446. The van der Waals surface area contributed by atoms with Gasteiger partial charge in [-0.25, -0.2) is 4.79 Å². The van der Waals surface area contributed by atoms with Gasteiger partial charge in [0.25, 0.3) is 0 Å². The number of ether oxygens (including phenoxy) is 1. The van der Waals surface area contributed by atoms with Crippen LogP contribution in [0.25, 0.3) is 11.0 Å². The third-order valence-corrected chi connectivity index (χ3v) is 5.26. The highest BCUT2D eigenvalue weighted by molar-refractivity contribution is 5.98. The molecule has 1 atom stereocenters. The second-order valence-corrected chi connectivity index (χ2v) is 7.27. The van der Waals surface area contributed by atoms with E-state index in [9.17, 15) is 9.59 Å². The minimum Gasteiger partial charge on any atom is -0.495 e. The van der Waals surface area contributed by atoms with Crippen LogP contribution in [0.2, 0.25) is 0 Å². The average Bonchev–Trinajstić information content (AvgIpc) is 2.83. The third kappa shape index (κ3) is 4.19. The summed E-state index contributed by atoms with van der Waals surface area (Å²) in [6, 6.07) is 22.4. The molecule has 0 aliphatic heterocycles. The van der Waals surface area contributed by atoms with Crippen LogP contribution in [0.4, 0.5) is 17.1 Å². The number of para-hydroxylation sites is 1. The molecule has 1 amide bonds. The number of benzene rings is 3. The summed E-state index contributed by atoms with van der Waals surface area (Å²) in [5, 5.41) is 3.65. The van der Waals surface area contributed by atoms with Crippen molar-refractivity contribution in [2.75, 3.05) is 24.4 Å². The number of hydrogen-bond acceptors (Lipinski definition) is 6. The van der Waals surface area contributed by atoms with Gasteiger partial charge < -0.3 is 25.1 Å². The largest absolute Gasteiger partial charge is 0.495 e. The molecule has 32 heavy (non-hydrogen) atoms. The number of carbonyl (C=O) groups excluding carboxylic acids is 1. The van der Waals surface area contributed by atoms with Crippen LogP contribution < -0.4 is 26.3 Å². The molecule has 3 aromatic carbocycles. The van der Waals surface area contributed by atoms with Gasteiger partial charge in [-0.15, -0.1) is 0 Å². The number of anilines is 3. The van der Waals surface area contributed by atoms with Gasteiger partial charge >= 0.3 is 5.63 Å². The summed E-state index contributed by atoms with van der Waals surface area (Å²) in [5.41, 5.74) is 8.79. The van der Waals surface area contributed by atoms with Crippen molar-refractivity contribution in [3.8, 4) is 5.75 Å². The maximum Gasteiger partial charge on any atom is 0.338 e. The number of hydrogen-bond donors (Lipinski definition) is 2. The van der Waals surface area contributed by atoms with E-state index in [1.165, 1.54) is 13.2 Å². The second kappa shape index (κ2) is 8.95. The molecule has 1 aromatic heterocycles. The molecule has 7 heteroatoms. The number of carbonyl (C=O) groups is 1. The van der Waals surface area contributed by atoms with Crippen LogP contribution in [0.1, 0.15) is 11.6 Å². The lowest BCUT2D eigenvalue weighted by molar-refractivity contribution is -0.117. The van der Waals surface area contributed by atoms with E-state index < -0.39 is 11.7 Å². The van der Waals surface area contributed by atoms with Crippen molar-refractivity contribution in [2.45, 2.75) is 6.04 Å². The van der Waals surface area contributed by atoms with Crippen molar-refractivity contribution in [3.63, 3.8) is 0 Å². The maximum atomic E-state index is 12.8. The third-order valence-electron chi connectivity index (χ3n) is 5.26. The van der Waals surface area contributed by atoms with E-state index in [4.69, 9.17) is 14.9 Å². The molecular formula is C25H23N3O4. The van der Waals surface area contributed by atoms with Crippen molar-refractivity contribution in [3.05, 3.63) is 94.8 Å². The lowest BCUT2D eigenvalue weighted by Gasteiger charge is -2.22. The Hall–Kier alpha value is -4.10. The topological polar surface area (TPSA) is 97.8 Å². The summed E-state index contributed by atoms with van der Waals surface area (Å²) in [6.45, 7) is 0. The Balaban J connectivity index is 1.68. The average molecular weight is 429 g/mol. The zero-order chi connectivity index (χ0) is 22.7. The van der Waals surface area contributed by atoms with Gasteiger partial charge in [-0.1, -0.05) is 42.5 Å². The van der Waals surface area contributed by atoms with Crippen molar-refractivity contribution in [1.29, 1.82) is 0 Å².